The minimum Gasteiger partial charge on any atom is -0.497 e. The summed E-state index contributed by atoms with van der Waals surface area (Å²) >= 11 is 6.01. The van der Waals surface area contributed by atoms with Crippen LogP contribution in [0.1, 0.15) is 33.6 Å². The Kier molecular flexibility index (Phi) is 4.30. The summed E-state index contributed by atoms with van der Waals surface area (Å²) in [5.74, 6) is -0.157. The van der Waals surface area contributed by atoms with E-state index in [0.717, 1.165) is 0 Å². The van der Waals surface area contributed by atoms with Gasteiger partial charge in [0.05, 0.1) is 36.2 Å². The van der Waals surface area contributed by atoms with Crippen LogP contribution in [0.15, 0.2) is 36.4 Å². The van der Waals surface area contributed by atoms with Gasteiger partial charge in [-0.15, -0.1) is 0 Å². The Morgan fingerprint density at radius 1 is 1.33 bits per heavy atom. The van der Waals surface area contributed by atoms with Crippen LogP contribution >= 0.6 is 11.6 Å². The SMILES string of the molecule is COc1ccc2c(c1)C(=O)CC1(CCN(C(=O)c3c(F)cccc3Cl)C1)O2. The molecule has 0 bridgehead atoms. The Morgan fingerprint density at radius 3 is 2.89 bits per heavy atom. The molecule has 2 aliphatic rings. The molecule has 7 heteroatoms. The van der Waals surface area contributed by atoms with E-state index in [1.807, 2.05) is 0 Å². The van der Waals surface area contributed by atoms with Gasteiger partial charge in [-0.1, -0.05) is 17.7 Å². The van der Waals surface area contributed by atoms with Gasteiger partial charge in [-0.05, 0) is 30.3 Å². The van der Waals surface area contributed by atoms with Crippen LogP contribution in [0.5, 0.6) is 11.5 Å². The largest absolute Gasteiger partial charge is 0.497 e. The molecular weight excluding hydrogens is 373 g/mol. The van der Waals surface area contributed by atoms with E-state index in [0.29, 0.717) is 30.0 Å². The Morgan fingerprint density at radius 2 is 2.15 bits per heavy atom. The molecule has 1 spiro atoms. The van der Waals surface area contributed by atoms with Crippen LogP contribution in [0, 0.1) is 5.82 Å². The van der Waals surface area contributed by atoms with Crippen LogP contribution in [-0.2, 0) is 0 Å². The Labute approximate surface area is 160 Å². The molecule has 2 aromatic rings. The van der Waals surface area contributed by atoms with E-state index in [9.17, 15) is 14.0 Å². The number of fused-ring (bicyclic) bond motifs is 1. The molecule has 0 saturated carbocycles. The monoisotopic (exact) mass is 389 g/mol. The second-order valence-corrected chi connectivity index (χ2v) is 7.23. The number of carbonyl (C=O) groups is 2. The number of halogens is 2. The first-order chi connectivity index (χ1) is 12.9. The van der Waals surface area contributed by atoms with Crippen molar-refractivity contribution in [3.63, 3.8) is 0 Å². The highest BCUT2D eigenvalue weighted by molar-refractivity contribution is 6.33. The van der Waals surface area contributed by atoms with Crippen molar-refractivity contribution in [1.29, 1.82) is 0 Å². The van der Waals surface area contributed by atoms with E-state index in [1.165, 1.54) is 30.2 Å². The van der Waals surface area contributed by atoms with Gasteiger partial charge in [-0.2, -0.15) is 0 Å². The van der Waals surface area contributed by atoms with Gasteiger partial charge in [0.25, 0.3) is 5.91 Å². The maximum absolute atomic E-state index is 14.1. The van der Waals surface area contributed by atoms with Crippen molar-refractivity contribution in [2.75, 3.05) is 20.2 Å². The van der Waals surface area contributed by atoms with Gasteiger partial charge < -0.3 is 14.4 Å². The third kappa shape index (κ3) is 3.04. The van der Waals surface area contributed by atoms with Crippen molar-refractivity contribution in [3.8, 4) is 11.5 Å². The van der Waals surface area contributed by atoms with Crippen molar-refractivity contribution in [2.24, 2.45) is 0 Å². The number of methoxy groups -OCH3 is 1. The first-order valence-corrected chi connectivity index (χ1v) is 8.94. The van der Waals surface area contributed by atoms with E-state index >= 15 is 0 Å². The van der Waals surface area contributed by atoms with Crippen LogP contribution in [0.4, 0.5) is 4.39 Å². The van der Waals surface area contributed by atoms with E-state index < -0.39 is 17.3 Å². The second kappa shape index (κ2) is 6.53. The summed E-state index contributed by atoms with van der Waals surface area (Å²) in [6, 6.07) is 9.21. The van der Waals surface area contributed by atoms with Gasteiger partial charge in [0.15, 0.2) is 5.78 Å². The second-order valence-electron chi connectivity index (χ2n) is 6.82. The summed E-state index contributed by atoms with van der Waals surface area (Å²) in [6.07, 6.45) is 0.643. The zero-order chi connectivity index (χ0) is 19.2. The Balaban J connectivity index is 1.59. The fourth-order valence-electron chi connectivity index (χ4n) is 3.71. The van der Waals surface area contributed by atoms with Gasteiger partial charge in [0.1, 0.15) is 22.9 Å². The zero-order valence-corrected chi connectivity index (χ0v) is 15.4. The summed E-state index contributed by atoms with van der Waals surface area (Å²) in [6.45, 7) is 0.565. The van der Waals surface area contributed by atoms with Crippen molar-refractivity contribution in [1.82, 2.24) is 4.90 Å². The van der Waals surface area contributed by atoms with Gasteiger partial charge >= 0.3 is 0 Å². The summed E-state index contributed by atoms with van der Waals surface area (Å²) in [7, 11) is 1.53. The van der Waals surface area contributed by atoms with Crippen molar-refractivity contribution < 1.29 is 23.5 Å². The van der Waals surface area contributed by atoms with Crippen LogP contribution in [-0.4, -0.2) is 42.4 Å². The number of likely N-dealkylation sites (tertiary alicyclic amines) is 1. The van der Waals surface area contributed by atoms with E-state index in [1.54, 1.807) is 18.2 Å². The maximum Gasteiger partial charge on any atom is 0.258 e. The predicted molar refractivity (Wildman–Crippen MR) is 97.2 cm³/mol. The molecule has 4 rings (SSSR count). The standard InChI is InChI=1S/C20H17ClFNO4/c1-26-12-5-6-17-13(9-12)16(24)10-20(27-17)7-8-23(11-20)19(25)18-14(21)3-2-4-15(18)22/h2-6,9H,7-8,10-11H2,1H3. The van der Waals surface area contributed by atoms with E-state index in [2.05, 4.69) is 0 Å². The molecule has 2 aliphatic heterocycles. The molecule has 0 N–H and O–H groups in total. The molecular formula is C20H17ClFNO4. The highest BCUT2D eigenvalue weighted by Crippen LogP contribution is 2.40. The third-order valence-electron chi connectivity index (χ3n) is 5.08. The molecule has 1 fully saturated rings. The minimum atomic E-state index is -0.800. The summed E-state index contributed by atoms with van der Waals surface area (Å²) in [5.41, 5.74) is -0.475. The molecule has 1 amide bonds. The van der Waals surface area contributed by atoms with Crippen molar-refractivity contribution in [2.45, 2.75) is 18.4 Å². The van der Waals surface area contributed by atoms with Crippen LogP contribution in [0.2, 0.25) is 5.02 Å². The lowest BCUT2D eigenvalue weighted by molar-refractivity contribution is 0.0426. The molecule has 1 atom stereocenters. The Hall–Kier alpha value is -2.60. The predicted octanol–water partition coefficient (Wildman–Crippen LogP) is 3.74. The summed E-state index contributed by atoms with van der Waals surface area (Å²) < 4.78 is 25.4. The molecule has 0 aliphatic carbocycles. The number of ketones is 1. The highest BCUT2D eigenvalue weighted by atomic mass is 35.5. The number of rotatable bonds is 2. The van der Waals surface area contributed by atoms with E-state index in [-0.39, 0.29) is 29.3 Å². The number of amides is 1. The van der Waals surface area contributed by atoms with Crippen LogP contribution in [0.3, 0.4) is 0 Å². The fraction of sp³-hybridized carbons (Fsp3) is 0.300. The number of nitrogens with zero attached hydrogens (tertiary/aromatic N) is 1. The molecule has 0 radical (unpaired) electrons. The molecule has 2 heterocycles. The smallest absolute Gasteiger partial charge is 0.258 e. The van der Waals surface area contributed by atoms with E-state index in [4.69, 9.17) is 21.1 Å². The van der Waals surface area contributed by atoms with Crippen molar-refractivity contribution in [3.05, 3.63) is 58.4 Å². The number of carbonyl (C=O) groups excluding carboxylic acids is 2. The minimum absolute atomic E-state index is 0.0617. The number of hydrogen-bond acceptors (Lipinski definition) is 4. The van der Waals surface area contributed by atoms with Gasteiger partial charge in [-0.3, -0.25) is 9.59 Å². The van der Waals surface area contributed by atoms with Crippen LogP contribution < -0.4 is 9.47 Å². The number of Topliss-reactive ketones (excluding diaryl/α,β-unsaturated/α-hetero) is 1. The Bertz CT molecular complexity index is 927. The third-order valence-corrected chi connectivity index (χ3v) is 5.39. The average molecular weight is 390 g/mol. The van der Waals surface area contributed by atoms with Gasteiger partial charge in [0, 0.05) is 13.0 Å². The lowest BCUT2D eigenvalue weighted by atomic mass is 9.89. The molecule has 2 aromatic carbocycles. The summed E-state index contributed by atoms with van der Waals surface area (Å²) in [4.78, 5) is 26.9. The quantitative estimate of drug-likeness (QED) is 0.785. The van der Waals surface area contributed by atoms with Gasteiger partial charge in [-0.25, -0.2) is 4.39 Å². The number of hydrogen-bond donors (Lipinski definition) is 0. The lowest BCUT2D eigenvalue weighted by Gasteiger charge is -2.34. The van der Waals surface area contributed by atoms with Crippen molar-refractivity contribution >= 4 is 23.3 Å². The normalized spacial score (nSPS) is 21.1. The first kappa shape index (κ1) is 17.8. The summed E-state index contributed by atoms with van der Waals surface area (Å²) in [5, 5.41) is 0.0685. The molecule has 5 nitrogen and oxygen atoms in total. The average Bonchev–Trinajstić information content (AvgIpc) is 3.04. The van der Waals surface area contributed by atoms with Gasteiger partial charge in [0.2, 0.25) is 0 Å². The molecule has 140 valence electrons. The topological polar surface area (TPSA) is 55.8 Å². The fourth-order valence-corrected chi connectivity index (χ4v) is 3.95. The number of benzene rings is 2. The zero-order valence-electron chi connectivity index (χ0n) is 14.6. The lowest BCUT2D eigenvalue weighted by Crippen LogP contribution is -2.45. The highest BCUT2D eigenvalue weighted by Gasteiger charge is 2.47. The number of ether oxygens (including phenoxy) is 2. The molecule has 1 unspecified atom stereocenters. The maximum atomic E-state index is 14.1. The molecule has 0 aromatic heterocycles. The first-order valence-electron chi connectivity index (χ1n) is 8.56. The molecule has 27 heavy (non-hydrogen) atoms. The molecule has 1 saturated heterocycles. The van der Waals surface area contributed by atoms with Crippen LogP contribution in [0.25, 0.3) is 0 Å².